The van der Waals surface area contributed by atoms with Crippen LogP contribution in [0, 0.1) is 6.92 Å². The molecular weight excluding hydrogens is 408 g/mol. The minimum atomic E-state index is -3.69. The highest BCUT2D eigenvalue weighted by Crippen LogP contribution is 2.35. The van der Waals surface area contributed by atoms with Crippen LogP contribution in [0.25, 0.3) is 0 Å². The maximum atomic E-state index is 13.2. The van der Waals surface area contributed by atoms with E-state index < -0.39 is 10.0 Å². The van der Waals surface area contributed by atoms with Gasteiger partial charge in [0.1, 0.15) is 17.2 Å². The van der Waals surface area contributed by atoms with Gasteiger partial charge < -0.3 is 4.74 Å². The highest BCUT2D eigenvalue weighted by atomic mass is 32.2. The molecule has 4 aliphatic rings. The topological polar surface area (TPSA) is 91.4 Å². The summed E-state index contributed by atoms with van der Waals surface area (Å²) in [5, 5.41) is 1.38. The number of hydrogen-bond acceptors (Lipinski definition) is 7. The minimum absolute atomic E-state index is 0.113. The Bertz CT molecular complexity index is 1090. The van der Waals surface area contributed by atoms with Gasteiger partial charge in [-0.2, -0.15) is 9.24 Å². The number of fused-ring (bicyclic) bond motifs is 2. The molecule has 30 heavy (non-hydrogen) atoms. The van der Waals surface area contributed by atoms with Crippen molar-refractivity contribution < 1.29 is 22.9 Å². The van der Waals surface area contributed by atoms with E-state index in [1.807, 2.05) is 25.1 Å². The molecule has 4 heterocycles. The van der Waals surface area contributed by atoms with Crippen molar-refractivity contribution in [2.75, 3.05) is 18.0 Å². The number of allylic oxidation sites excluding steroid dienone is 2. The summed E-state index contributed by atoms with van der Waals surface area (Å²) in [4.78, 5) is 19.5. The first kappa shape index (κ1) is 19.2. The highest BCUT2D eigenvalue weighted by Gasteiger charge is 2.39. The Morgan fingerprint density at radius 1 is 1.20 bits per heavy atom. The van der Waals surface area contributed by atoms with Crippen molar-refractivity contribution in [3.8, 4) is 0 Å². The lowest BCUT2D eigenvalue weighted by atomic mass is 10.0. The number of carbonyl (C=O) groups excluding carboxylic acids is 1. The summed E-state index contributed by atoms with van der Waals surface area (Å²) in [6.07, 6.45) is 7.04. The molecule has 0 bridgehead atoms. The molecule has 4 aliphatic heterocycles. The fraction of sp³-hybridized carbons (Fsp3) is 0.350. The van der Waals surface area contributed by atoms with Crippen LogP contribution < -0.4 is 10.4 Å². The van der Waals surface area contributed by atoms with Crippen LogP contribution in [0.2, 0.25) is 0 Å². The molecule has 0 unspecified atom stereocenters. The Morgan fingerprint density at radius 3 is 2.80 bits per heavy atom. The fourth-order valence-electron chi connectivity index (χ4n) is 4.25. The second kappa shape index (κ2) is 7.15. The molecule has 1 saturated heterocycles. The molecule has 1 fully saturated rings. The van der Waals surface area contributed by atoms with Crippen molar-refractivity contribution in [2.45, 2.75) is 32.4 Å². The van der Waals surface area contributed by atoms with Crippen LogP contribution in [0.5, 0.6) is 0 Å². The van der Waals surface area contributed by atoms with Gasteiger partial charge >= 0.3 is 6.09 Å². The van der Waals surface area contributed by atoms with Crippen LogP contribution in [-0.2, 0) is 26.3 Å². The zero-order chi connectivity index (χ0) is 20.9. The number of sulfonamides is 1. The third-order valence-electron chi connectivity index (χ3n) is 5.75. The zero-order valence-corrected chi connectivity index (χ0v) is 17.3. The number of anilines is 1. The van der Waals surface area contributed by atoms with Gasteiger partial charge in [0.25, 0.3) is 0 Å². The predicted molar refractivity (Wildman–Crippen MR) is 109 cm³/mol. The standard InChI is InChI=1S/C20H22N4O5S/c1-14-4-5-17-15(11-14)13-28-20(25)24(17)16-6-9-22(10-7-16)30(26,27)19-3-2-8-23-18(19)12-21-29-23/h2-5,8,11-12,16,21H,6-7,9-10,13H2,1H3. The lowest BCUT2D eigenvalue weighted by Gasteiger charge is -2.40. The minimum Gasteiger partial charge on any atom is -0.444 e. The number of aryl methyl sites for hydroxylation is 1. The first-order valence-corrected chi connectivity index (χ1v) is 11.3. The summed E-state index contributed by atoms with van der Waals surface area (Å²) in [6, 6.07) is 5.83. The first-order valence-electron chi connectivity index (χ1n) is 9.81. The van der Waals surface area contributed by atoms with Gasteiger partial charge in [-0.25, -0.2) is 23.8 Å². The van der Waals surface area contributed by atoms with Gasteiger partial charge in [0.05, 0.1) is 11.9 Å². The molecule has 1 N–H and O–H groups in total. The number of nitrogens with zero attached hydrogens (tertiary/aromatic N) is 3. The maximum Gasteiger partial charge on any atom is 0.414 e. The Labute approximate surface area is 174 Å². The van der Waals surface area contributed by atoms with E-state index in [2.05, 4.69) is 5.48 Å². The lowest BCUT2D eigenvalue weighted by molar-refractivity contribution is -0.112. The van der Waals surface area contributed by atoms with E-state index in [9.17, 15) is 13.2 Å². The summed E-state index contributed by atoms with van der Waals surface area (Å²) < 4.78 is 33.3. The van der Waals surface area contributed by atoms with E-state index in [1.54, 1.807) is 23.3 Å². The van der Waals surface area contributed by atoms with Crippen LogP contribution in [0.4, 0.5) is 10.5 Å². The van der Waals surface area contributed by atoms with E-state index in [-0.39, 0.29) is 23.6 Å². The second-order valence-corrected chi connectivity index (χ2v) is 9.54. The average molecular weight is 430 g/mol. The molecule has 9 nitrogen and oxygen atoms in total. The predicted octanol–water partition coefficient (Wildman–Crippen LogP) is 2.25. The monoisotopic (exact) mass is 430 g/mol. The fourth-order valence-corrected chi connectivity index (χ4v) is 5.89. The zero-order valence-electron chi connectivity index (χ0n) is 16.4. The van der Waals surface area contributed by atoms with Gasteiger partial charge in [0.15, 0.2) is 0 Å². The lowest BCUT2D eigenvalue weighted by Crippen LogP contribution is -2.50. The Kier molecular flexibility index (Phi) is 4.57. The Hall–Kier alpha value is -2.82. The van der Waals surface area contributed by atoms with Crippen LogP contribution in [-0.4, -0.2) is 43.0 Å². The Morgan fingerprint density at radius 2 is 2.00 bits per heavy atom. The second-order valence-electron chi connectivity index (χ2n) is 7.63. The van der Waals surface area contributed by atoms with Crippen molar-refractivity contribution in [2.24, 2.45) is 0 Å². The molecule has 1 aromatic rings. The Balaban J connectivity index is 1.34. The van der Waals surface area contributed by atoms with E-state index in [1.165, 1.54) is 15.6 Å². The summed E-state index contributed by atoms with van der Waals surface area (Å²) in [7, 11) is -3.69. The molecule has 158 valence electrons. The number of rotatable bonds is 3. The van der Waals surface area contributed by atoms with Crippen LogP contribution >= 0.6 is 0 Å². The summed E-state index contributed by atoms with van der Waals surface area (Å²) in [5.74, 6) is 0. The van der Waals surface area contributed by atoms with Crippen molar-refractivity contribution in [3.05, 3.63) is 64.5 Å². The molecule has 5 rings (SSSR count). The van der Waals surface area contributed by atoms with Crippen LogP contribution in [0.1, 0.15) is 24.0 Å². The van der Waals surface area contributed by atoms with Crippen molar-refractivity contribution >= 4 is 21.8 Å². The molecule has 10 heteroatoms. The van der Waals surface area contributed by atoms with Gasteiger partial charge in [-0.1, -0.05) is 17.7 Å². The van der Waals surface area contributed by atoms with E-state index in [0.29, 0.717) is 31.6 Å². The largest absolute Gasteiger partial charge is 0.444 e. The third kappa shape index (κ3) is 3.08. The summed E-state index contributed by atoms with van der Waals surface area (Å²) in [6.45, 7) is 2.91. The third-order valence-corrected chi connectivity index (χ3v) is 7.70. The van der Waals surface area contributed by atoms with Crippen molar-refractivity contribution in [3.63, 3.8) is 0 Å². The number of ether oxygens (including phenoxy) is 1. The number of cyclic esters (lactones) is 1. The maximum absolute atomic E-state index is 13.2. The molecule has 0 aromatic heterocycles. The average Bonchev–Trinajstić information content (AvgIpc) is 3.23. The molecular formula is C20H22N4O5S. The highest BCUT2D eigenvalue weighted by molar-refractivity contribution is 7.93. The van der Waals surface area contributed by atoms with E-state index >= 15 is 0 Å². The van der Waals surface area contributed by atoms with Crippen molar-refractivity contribution in [1.82, 2.24) is 14.8 Å². The number of amides is 1. The number of nitrogens with one attached hydrogen (secondary N) is 1. The molecule has 0 radical (unpaired) electrons. The SMILES string of the molecule is Cc1ccc2c(c1)COC(=O)N2C1CCN(S(=O)(=O)C2=CC=CN3ONC=C23)CC1. The smallest absolute Gasteiger partial charge is 0.414 e. The number of carbonyl (C=O) groups is 1. The van der Waals surface area contributed by atoms with Gasteiger partial charge in [0.2, 0.25) is 10.0 Å². The van der Waals surface area contributed by atoms with Crippen LogP contribution in [0.15, 0.2) is 53.4 Å². The van der Waals surface area contributed by atoms with Crippen molar-refractivity contribution in [1.29, 1.82) is 0 Å². The van der Waals surface area contributed by atoms with Gasteiger partial charge in [0, 0.05) is 30.9 Å². The molecule has 1 aromatic carbocycles. The quantitative estimate of drug-likeness (QED) is 0.786. The number of benzene rings is 1. The molecule has 0 atom stereocenters. The number of piperidine rings is 1. The molecule has 0 saturated carbocycles. The molecule has 0 aliphatic carbocycles. The van der Waals surface area contributed by atoms with E-state index in [0.717, 1.165) is 16.8 Å². The number of hydroxylamine groups is 3. The molecule has 1 amide bonds. The molecule has 0 spiro atoms. The summed E-state index contributed by atoms with van der Waals surface area (Å²) in [5.41, 5.74) is 5.95. The van der Waals surface area contributed by atoms with Gasteiger partial charge in [-0.15, -0.1) is 0 Å². The van der Waals surface area contributed by atoms with Gasteiger partial charge in [-0.3, -0.25) is 4.90 Å². The number of hydrogen-bond donors (Lipinski definition) is 1. The first-order chi connectivity index (χ1) is 14.4. The summed E-state index contributed by atoms with van der Waals surface area (Å²) >= 11 is 0. The normalized spacial score (nSPS) is 22.1. The van der Waals surface area contributed by atoms with Crippen LogP contribution in [0.3, 0.4) is 0 Å². The van der Waals surface area contributed by atoms with E-state index in [4.69, 9.17) is 9.68 Å². The van der Waals surface area contributed by atoms with Gasteiger partial charge in [-0.05, 0) is 38.0 Å².